The lowest BCUT2D eigenvalue weighted by atomic mass is 10.2. The van der Waals surface area contributed by atoms with Crippen LogP contribution in [0.15, 0.2) is 30.3 Å². The molecule has 1 rings (SSSR count). The van der Waals surface area contributed by atoms with Crippen molar-refractivity contribution in [2.45, 2.75) is 13.0 Å². The summed E-state index contributed by atoms with van der Waals surface area (Å²) in [4.78, 5) is 6.77. The number of nitrogens with two attached hydrogens (primary N) is 1. The molecule has 0 amide bonds. The van der Waals surface area contributed by atoms with E-state index in [-0.39, 0.29) is 0 Å². The van der Waals surface area contributed by atoms with E-state index in [2.05, 4.69) is 41.1 Å². The highest BCUT2D eigenvalue weighted by Crippen LogP contribution is 2.02. The van der Waals surface area contributed by atoms with Crippen molar-refractivity contribution in [2.24, 2.45) is 5.90 Å². The fourth-order valence-corrected chi connectivity index (χ4v) is 1.39. The first-order valence-electron chi connectivity index (χ1n) is 4.87. The molecule has 1 aromatic carbocycles. The molecule has 0 saturated heterocycles. The molecule has 3 heteroatoms. The Balaban J connectivity index is 2.23. The predicted molar refractivity (Wildman–Crippen MR) is 57.5 cm³/mol. The largest absolute Gasteiger partial charge is 0.305 e. The standard InChI is InChI=1S/C11H18N2O/c1-13(8-5-9-14-12)10-11-6-3-2-4-7-11/h2-4,6-7H,5,8-10,12H2,1H3. The topological polar surface area (TPSA) is 38.5 Å². The van der Waals surface area contributed by atoms with Crippen molar-refractivity contribution in [2.75, 3.05) is 20.2 Å². The SMILES string of the molecule is CN(CCCON)Cc1ccccc1. The summed E-state index contributed by atoms with van der Waals surface area (Å²) in [6, 6.07) is 10.4. The van der Waals surface area contributed by atoms with Gasteiger partial charge in [-0.25, -0.2) is 5.90 Å². The second-order valence-corrected chi connectivity index (χ2v) is 3.45. The zero-order chi connectivity index (χ0) is 10.2. The van der Waals surface area contributed by atoms with Gasteiger partial charge < -0.3 is 9.74 Å². The molecule has 3 nitrogen and oxygen atoms in total. The van der Waals surface area contributed by atoms with Gasteiger partial charge in [-0.15, -0.1) is 0 Å². The molecule has 0 saturated carbocycles. The molecule has 0 aliphatic heterocycles. The first-order chi connectivity index (χ1) is 6.83. The van der Waals surface area contributed by atoms with Crippen LogP contribution in [-0.4, -0.2) is 25.1 Å². The maximum absolute atomic E-state index is 4.95. The highest BCUT2D eigenvalue weighted by Gasteiger charge is 1.98. The summed E-state index contributed by atoms with van der Waals surface area (Å²) in [7, 11) is 2.10. The number of hydrogen-bond donors (Lipinski definition) is 1. The lowest BCUT2D eigenvalue weighted by Crippen LogP contribution is -2.20. The Morgan fingerprint density at radius 1 is 1.29 bits per heavy atom. The molecule has 0 unspecified atom stereocenters. The van der Waals surface area contributed by atoms with Crippen LogP contribution in [0, 0.1) is 0 Å². The van der Waals surface area contributed by atoms with Crippen LogP contribution in [0.4, 0.5) is 0 Å². The molecule has 0 aliphatic rings. The van der Waals surface area contributed by atoms with Gasteiger partial charge in [-0.1, -0.05) is 30.3 Å². The van der Waals surface area contributed by atoms with Crippen molar-refractivity contribution < 1.29 is 4.84 Å². The fourth-order valence-electron chi connectivity index (χ4n) is 1.39. The van der Waals surface area contributed by atoms with Crippen molar-refractivity contribution in [3.05, 3.63) is 35.9 Å². The average Bonchev–Trinajstić information content (AvgIpc) is 2.20. The van der Waals surface area contributed by atoms with Gasteiger partial charge in [-0.2, -0.15) is 0 Å². The molecule has 1 aromatic rings. The first kappa shape index (κ1) is 11.2. The second kappa shape index (κ2) is 6.54. The van der Waals surface area contributed by atoms with Gasteiger partial charge in [-0.05, 0) is 19.0 Å². The number of nitrogens with zero attached hydrogens (tertiary/aromatic N) is 1. The molecule has 0 radical (unpaired) electrons. The minimum absolute atomic E-state index is 0.624. The zero-order valence-corrected chi connectivity index (χ0v) is 8.65. The first-order valence-corrected chi connectivity index (χ1v) is 4.87. The Bertz CT molecular complexity index is 238. The molecule has 14 heavy (non-hydrogen) atoms. The highest BCUT2D eigenvalue weighted by atomic mass is 16.6. The van der Waals surface area contributed by atoms with Crippen molar-refractivity contribution in [1.82, 2.24) is 4.90 Å². The lowest BCUT2D eigenvalue weighted by Gasteiger charge is -2.15. The summed E-state index contributed by atoms with van der Waals surface area (Å²) in [5, 5.41) is 0. The Kier molecular flexibility index (Phi) is 5.22. The van der Waals surface area contributed by atoms with E-state index in [4.69, 9.17) is 5.90 Å². The molecule has 0 spiro atoms. The fraction of sp³-hybridized carbons (Fsp3) is 0.455. The van der Waals surface area contributed by atoms with Crippen LogP contribution in [0.3, 0.4) is 0 Å². The normalized spacial score (nSPS) is 10.8. The van der Waals surface area contributed by atoms with Crippen molar-refractivity contribution in [1.29, 1.82) is 0 Å². The highest BCUT2D eigenvalue weighted by molar-refractivity contribution is 5.14. The molecule has 78 valence electrons. The maximum Gasteiger partial charge on any atom is 0.0691 e. The van der Waals surface area contributed by atoms with Gasteiger partial charge in [0.05, 0.1) is 6.61 Å². The average molecular weight is 194 g/mol. The van der Waals surface area contributed by atoms with Crippen molar-refractivity contribution in [3.63, 3.8) is 0 Å². The van der Waals surface area contributed by atoms with E-state index in [1.54, 1.807) is 0 Å². The molecule has 0 aromatic heterocycles. The third-order valence-electron chi connectivity index (χ3n) is 2.10. The van der Waals surface area contributed by atoms with Crippen molar-refractivity contribution >= 4 is 0 Å². The van der Waals surface area contributed by atoms with Crippen LogP contribution in [-0.2, 0) is 11.4 Å². The minimum atomic E-state index is 0.624. The molecule has 0 atom stereocenters. The van der Waals surface area contributed by atoms with E-state index < -0.39 is 0 Å². The molecular formula is C11H18N2O. The number of rotatable bonds is 6. The van der Waals surface area contributed by atoms with Gasteiger partial charge >= 0.3 is 0 Å². The summed E-state index contributed by atoms with van der Waals surface area (Å²) in [5.41, 5.74) is 1.34. The molecule has 0 heterocycles. The molecule has 2 N–H and O–H groups in total. The third-order valence-corrected chi connectivity index (χ3v) is 2.10. The lowest BCUT2D eigenvalue weighted by molar-refractivity contribution is 0.126. The molecular weight excluding hydrogens is 176 g/mol. The third kappa shape index (κ3) is 4.37. The van der Waals surface area contributed by atoms with E-state index in [0.717, 1.165) is 19.5 Å². The van der Waals surface area contributed by atoms with Gasteiger partial charge in [0, 0.05) is 13.1 Å². The van der Waals surface area contributed by atoms with E-state index in [0.29, 0.717) is 6.61 Å². The quantitative estimate of drug-likeness (QED) is 0.549. The number of benzene rings is 1. The van der Waals surface area contributed by atoms with Crippen LogP contribution in [0.5, 0.6) is 0 Å². The Morgan fingerprint density at radius 3 is 2.64 bits per heavy atom. The smallest absolute Gasteiger partial charge is 0.0691 e. The molecule has 0 bridgehead atoms. The maximum atomic E-state index is 4.95. The summed E-state index contributed by atoms with van der Waals surface area (Å²) >= 11 is 0. The second-order valence-electron chi connectivity index (χ2n) is 3.45. The van der Waals surface area contributed by atoms with Gasteiger partial charge in [-0.3, -0.25) is 0 Å². The van der Waals surface area contributed by atoms with Crippen LogP contribution >= 0.6 is 0 Å². The predicted octanol–water partition coefficient (Wildman–Crippen LogP) is 1.40. The number of hydrogen-bond acceptors (Lipinski definition) is 3. The summed E-state index contributed by atoms with van der Waals surface area (Å²) in [5.74, 6) is 4.95. The van der Waals surface area contributed by atoms with Crippen LogP contribution in [0.25, 0.3) is 0 Å². The summed E-state index contributed by atoms with van der Waals surface area (Å²) < 4.78 is 0. The summed E-state index contributed by atoms with van der Waals surface area (Å²) in [6.07, 6.45) is 0.972. The van der Waals surface area contributed by atoms with E-state index in [1.807, 2.05) is 6.07 Å². The van der Waals surface area contributed by atoms with Gasteiger partial charge in [0.15, 0.2) is 0 Å². The van der Waals surface area contributed by atoms with E-state index in [9.17, 15) is 0 Å². The Morgan fingerprint density at radius 2 is 2.00 bits per heavy atom. The van der Waals surface area contributed by atoms with Crippen LogP contribution in [0.2, 0.25) is 0 Å². The molecule has 0 aliphatic carbocycles. The van der Waals surface area contributed by atoms with Crippen molar-refractivity contribution in [3.8, 4) is 0 Å². The van der Waals surface area contributed by atoms with Gasteiger partial charge in [0.25, 0.3) is 0 Å². The van der Waals surface area contributed by atoms with Crippen LogP contribution in [0.1, 0.15) is 12.0 Å². The molecule has 0 fully saturated rings. The monoisotopic (exact) mass is 194 g/mol. The Hall–Kier alpha value is -0.900. The Labute approximate surface area is 85.4 Å². The summed E-state index contributed by atoms with van der Waals surface area (Å²) in [6.45, 7) is 2.61. The van der Waals surface area contributed by atoms with Gasteiger partial charge in [0.1, 0.15) is 0 Å². The van der Waals surface area contributed by atoms with E-state index >= 15 is 0 Å². The minimum Gasteiger partial charge on any atom is -0.305 e. The van der Waals surface area contributed by atoms with Gasteiger partial charge in [0.2, 0.25) is 0 Å². The zero-order valence-electron chi connectivity index (χ0n) is 8.65. The van der Waals surface area contributed by atoms with E-state index in [1.165, 1.54) is 5.56 Å². The van der Waals surface area contributed by atoms with Crippen LogP contribution < -0.4 is 5.90 Å².